The Morgan fingerprint density at radius 2 is 2.11 bits per heavy atom. The molecule has 0 aliphatic heterocycles. The van der Waals surface area contributed by atoms with Crippen molar-refractivity contribution < 1.29 is 0 Å². The molecule has 1 N–H and O–H groups in total. The molecule has 2 rings (SSSR count). The first-order chi connectivity index (χ1) is 9.10. The molecule has 2 aromatic heterocycles. The Hall–Kier alpha value is -1.26. The zero-order valence-electron chi connectivity index (χ0n) is 12.0. The molecule has 0 radical (unpaired) electrons. The fourth-order valence-electron chi connectivity index (χ4n) is 2.14. The van der Waals surface area contributed by atoms with Crippen molar-refractivity contribution in [2.75, 3.05) is 6.54 Å². The first-order valence-electron chi connectivity index (χ1n) is 6.69. The van der Waals surface area contributed by atoms with Crippen molar-refractivity contribution in [3.05, 3.63) is 45.2 Å². The minimum atomic E-state index is 0.316. The third-order valence-electron chi connectivity index (χ3n) is 3.23. The lowest BCUT2D eigenvalue weighted by molar-refractivity contribution is 0.547. The van der Waals surface area contributed by atoms with Crippen molar-refractivity contribution in [3.63, 3.8) is 0 Å². The zero-order chi connectivity index (χ0) is 13.8. The van der Waals surface area contributed by atoms with Crippen LogP contribution in [0.1, 0.15) is 39.8 Å². The maximum Gasteiger partial charge on any atom is 0.0949 e. The van der Waals surface area contributed by atoms with Crippen molar-refractivity contribution in [1.29, 1.82) is 0 Å². The predicted molar refractivity (Wildman–Crippen MR) is 80.7 cm³/mol. The molecule has 4 heteroatoms. The smallest absolute Gasteiger partial charge is 0.0949 e. The lowest BCUT2D eigenvalue weighted by Gasteiger charge is -2.17. The van der Waals surface area contributed by atoms with Gasteiger partial charge in [-0.2, -0.15) is 0 Å². The number of aromatic nitrogens is 2. The third-order valence-corrected chi connectivity index (χ3v) is 4.32. The number of likely N-dealkylation sites (N-methyl/N-ethyl adjacent to an activating group) is 1. The molecule has 0 aromatic carbocycles. The molecule has 3 nitrogen and oxygen atoms in total. The third kappa shape index (κ3) is 3.61. The quantitative estimate of drug-likeness (QED) is 0.909. The van der Waals surface area contributed by atoms with E-state index in [0.717, 1.165) is 24.4 Å². The van der Waals surface area contributed by atoms with Crippen LogP contribution in [0.3, 0.4) is 0 Å². The Morgan fingerprint density at radius 3 is 2.68 bits per heavy atom. The number of pyridine rings is 1. The summed E-state index contributed by atoms with van der Waals surface area (Å²) in [6, 6.07) is 4.56. The highest BCUT2D eigenvalue weighted by molar-refractivity contribution is 7.11. The summed E-state index contributed by atoms with van der Waals surface area (Å²) in [6.45, 7) is 9.34. The first kappa shape index (κ1) is 14.2. The second kappa shape index (κ2) is 6.26. The SMILES string of the molecule is CCNC(Cc1nc(C)c(C)s1)c1ccnc(C)c1. The van der Waals surface area contributed by atoms with Gasteiger partial charge in [0.1, 0.15) is 0 Å². The number of aryl methyl sites for hydroxylation is 3. The highest BCUT2D eigenvalue weighted by Crippen LogP contribution is 2.23. The number of hydrogen-bond donors (Lipinski definition) is 1. The van der Waals surface area contributed by atoms with Gasteiger partial charge in [0.25, 0.3) is 0 Å². The first-order valence-corrected chi connectivity index (χ1v) is 7.50. The van der Waals surface area contributed by atoms with E-state index in [-0.39, 0.29) is 0 Å². The van der Waals surface area contributed by atoms with Crippen LogP contribution in [-0.2, 0) is 6.42 Å². The summed E-state index contributed by atoms with van der Waals surface area (Å²) in [5.74, 6) is 0. The van der Waals surface area contributed by atoms with Crippen LogP contribution in [-0.4, -0.2) is 16.5 Å². The highest BCUT2D eigenvalue weighted by Gasteiger charge is 2.14. The van der Waals surface area contributed by atoms with E-state index in [1.54, 1.807) is 11.3 Å². The molecule has 0 amide bonds. The fraction of sp³-hybridized carbons (Fsp3) is 0.467. The second-order valence-corrected chi connectivity index (χ2v) is 6.08. The minimum absolute atomic E-state index is 0.316. The van der Waals surface area contributed by atoms with E-state index in [4.69, 9.17) is 0 Å². The van der Waals surface area contributed by atoms with Gasteiger partial charge in [0, 0.05) is 29.2 Å². The standard InChI is InChI=1S/C15H21N3S/c1-5-16-14(13-6-7-17-10(2)8-13)9-15-18-11(3)12(4)19-15/h6-8,14,16H,5,9H2,1-4H3. The number of thiazole rings is 1. The Balaban J connectivity index is 2.20. The molecule has 19 heavy (non-hydrogen) atoms. The van der Waals surface area contributed by atoms with Gasteiger partial charge >= 0.3 is 0 Å². The average Bonchev–Trinajstić information content (AvgIpc) is 2.68. The van der Waals surface area contributed by atoms with Crippen molar-refractivity contribution in [2.24, 2.45) is 0 Å². The van der Waals surface area contributed by atoms with Crippen LogP contribution in [0.2, 0.25) is 0 Å². The number of nitrogens with zero attached hydrogens (tertiary/aromatic N) is 2. The van der Waals surface area contributed by atoms with E-state index >= 15 is 0 Å². The summed E-state index contributed by atoms with van der Waals surface area (Å²) in [4.78, 5) is 10.2. The summed E-state index contributed by atoms with van der Waals surface area (Å²) in [5.41, 5.74) is 3.51. The van der Waals surface area contributed by atoms with Gasteiger partial charge in [0.15, 0.2) is 0 Å². The monoisotopic (exact) mass is 275 g/mol. The van der Waals surface area contributed by atoms with E-state index < -0.39 is 0 Å². The predicted octanol–water partition coefficient (Wildman–Crippen LogP) is 3.36. The molecule has 1 unspecified atom stereocenters. The number of nitrogens with one attached hydrogen (secondary N) is 1. The topological polar surface area (TPSA) is 37.8 Å². The van der Waals surface area contributed by atoms with Crippen LogP contribution >= 0.6 is 11.3 Å². The Labute approximate surface area is 119 Å². The van der Waals surface area contributed by atoms with Gasteiger partial charge in [-0.15, -0.1) is 11.3 Å². The molecule has 0 bridgehead atoms. The molecular formula is C15H21N3S. The van der Waals surface area contributed by atoms with Crippen LogP contribution in [0.15, 0.2) is 18.3 Å². The molecule has 0 saturated carbocycles. The largest absolute Gasteiger partial charge is 0.310 e. The van der Waals surface area contributed by atoms with E-state index in [1.165, 1.54) is 15.4 Å². The Bertz CT molecular complexity index is 529. The minimum Gasteiger partial charge on any atom is -0.310 e. The zero-order valence-corrected chi connectivity index (χ0v) is 12.8. The number of hydrogen-bond acceptors (Lipinski definition) is 4. The van der Waals surface area contributed by atoms with Crippen LogP contribution in [0.4, 0.5) is 0 Å². The van der Waals surface area contributed by atoms with E-state index in [1.807, 2.05) is 13.1 Å². The normalized spacial score (nSPS) is 12.6. The maximum absolute atomic E-state index is 4.64. The van der Waals surface area contributed by atoms with Gasteiger partial charge in [-0.25, -0.2) is 4.98 Å². The molecule has 2 heterocycles. The maximum atomic E-state index is 4.64. The van der Waals surface area contributed by atoms with Gasteiger partial charge < -0.3 is 5.32 Å². The van der Waals surface area contributed by atoms with Gasteiger partial charge in [-0.3, -0.25) is 4.98 Å². The van der Waals surface area contributed by atoms with E-state index in [2.05, 4.69) is 48.2 Å². The molecule has 0 spiro atoms. The lowest BCUT2D eigenvalue weighted by atomic mass is 10.0. The summed E-state index contributed by atoms with van der Waals surface area (Å²) < 4.78 is 0. The summed E-state index contributed by atoms with van der Waals surface area (Å²) in [7, 11) is 0. The van der Waals surface area contributed by atoms with Crippen LogP contribution < -0.4 is 5.32 Å². The Kier molecular flexibility index (Phi) is 4.66. The van der Waals surface area contributed by atoms with E-state index in [9.17, 15) is 0 Å². The lowest BCUT2D eigenvalue weighted by Crippen LogP contribution is -2.23. The highest BCUT2D eigenvalue weighted by atomic mass is 32.1. The molecule has 0 saturated heterocycles. The summed E-state index contributed by atoms with van der Waals surface area (Å²) in [5, 5.41) is 4.75. The molecule has 0 fully saturated rings. The van der Waals surface area contributed by atoms with Crippen molar-refractivity contribution >= 4 is 11.3 Å². The van der Waals surface area contributed by atoms with Gasteiger partial charge in [-0.05, 0) is 45.0 Å². The molecule has 1 atom stereocenters. The molecule has 2 aromatic rings. The second-order valence-electron chi connectivity index (χ2n) is 4.79. The summed E-state index contributed by atoms with van der Waals surface area (Å²) >= 11 is 1.80. The molecular weight excluding hydrogens is 254 g/mol. The van der Waals surface area contributed by atoms with Gasteiger partial charge in [0.05, 0.1) is 10.7 Å². The van der Waals surface area contributed by atoms with Crippen molar-refractivity contribution in [1.82, 2.24) is 15.3 Å². The average molecular weight is 275 g/mol. The van der Waals surface area contributed by atoms with Gasteiger partial charge in [-0.1, -0.05) is 6.92 Å². The van der Waals surface area contributed by atoms with Crippen molar-refractivity contribution in [3.8, 4) is 0 Å². The molecule has 0 aliphatic rings. The van der Waals surface area contributed by atoms with E-state index in [0.29, 0.717) is 6.04 Å². The van der Waals surface area contributed by atoms with Crippen LogP contribution in [0.25, 0.3) is 0 Å². The summed E-state index contributed by atoms with van der Waals surface area (Å²) in [6.07, 6.45) is 2.82. The van der Waals surface area contributed by atoms with Crippen LogP contribution in [0, 0.1) is 20.8 Å². The van der Waals surface area contributed by atoms with Gasteiger partial charge in [0.2, 0.25) is 0 Å². The van der Waals surface area contributed by atoms with Crippen molar-refractivity contribution in [2.45, 2.75) is 40.2 Å². The number of rotatable bonds is 5. The molecule has 102 valence electrons. The Morgan fingerprint density at radius 1 is 1.32 bits per heavy atom. The van der Waals surface area contributed by atoms with Crippen LogP contribution in [0.5, 0.6) is 0 Å². The fourth-order valence-corrected chi connectivity index (χ4v) is 3.12. The molecule has 0 aliphatic carbocycles.